The van der Waals surface area contributed by atoms with Crippen LogP contribution in [0.25, 0.3) is 0 Å². The van der Waals surface area contributed by atoms with E-state index in [1.807, 2.05) is 0 Å². The van der Waals surface area contributed by atoms with Crippen LogP contribution in [0.4, 0.5) is 0 Å². The summed E-state index contributed by atoms with van der Waals surface area (Å²) < 4.78 is 5.54. The van der Waals surface area contributed by atoms with Crippen molar-refractivity contribution in [3.8, 4) is 0 Å². The number of nitrogens with zero attached hydrogens (tertiary/aromatic N) is 1. The van der Waals surface area contributed by atoms with E-state index in [-0.39, 0.29) is 12.0 Å². The van der Waals surface area contributed by atoms with E-state index in [0.717, 1.165) is 32.5 Å². The molecule has 2 unspecified atom stereocenters. The van der Waals surface area contributed by atoms with Gasteiger partial charge < -0.3 is 15.0 Å². The second-order valence-electron chi connectivity index (χ2n) is 6.42. The quantitative estimate of drug-likeness (QED) is 0.810. The Bertz CT molecular complexity index is 328. The predicted octanol–water partition coefficient (Wildman–Crippen LogP) is 2.04. The first-order valence-corrected chi connectivity index (χ1v) is 8.25. The van der Waals surface area contributed by atoms with Crippen molar-refractivity contribution in [2.75, 3.05) is 32.8 Å². The number of amides is 1. The maximum Gasteiger partial charge on any atom is 0.229 e. The van der Waals surface area contributed by atoms with Crippen LogP contribution in [0.2, 0.25) is 0 Å². The third-order valence-electron chi connectivity index (χ3n) is 5.30. The highest BCUT2D eigenvalue weighted by atomic mass is 16.5. The summed E-state index contributed by atoms with van der Waals surface area (Å²) in [5, 5.41) is 3.46. The minimum atomic E-state index is 0.0195. The van der Waals surface area contributed by atoms with Crippen molar-refractivity contribution in [2.45, 2.75) is 52.5 Å². The number of likely N-dealkylation sites (tertiary alicyclic amines) is 1. The van der Waals surface area contributed by atoms with Crippen molar-refractivity contribution < 1.29 is 9.53 Å². The molecule has 116 valence electrons. The molecule has 2 fully saturated rings. The summed E-state index contributed by atoms with van der Waals surface area (Å²) >= 11 is 0. The minimum Gasteiger partial charge on any atom is -0.379 e. The van der Waals surface area contributed by atoms with Crippen LogP contribution in [0.15, 0.2) is 0 Å². The first kappa shape index (κ1) is 15.8. The zero-order valence-electron chi connectivity index (χ0n) is 13.3. The standard InChI is InChI=1S/C16H30N2O2/c1-4-8-17-14-11-20-10-13(14)15(19)18-9-7-16(5-2,6-3)12-18/h13-14,17H,4-12H2,1-3H3. The third-order valence-corrected chi connectivity index (χ3v) is 5.30. The normalized spacial score (nSPS) is 29.1. The van der Waals surface area contributed by atoms with Gasteiger partial charge in [0.15, 0.2) is 0 Å². The first-order chi connectivity index (χ1) is 9.65. The molecule has 0 bridgehead atoms. The van der Waals surface area contributed by atoms with Crippen molar-refractivity contribution in [3.05, 3.63) is 0 Å². The Hall–Kier alpha value is -0.610. The van der Waals surface area contributed by atoms with E-state index in [2.05, 4.69) is 31.0 Å². The lowest BCUT2D eigenvalue weighted by Gasteiger charge is -2.28. The molecule has 0 aromatic heterocycles. The van der Waals surface area contributed by atoms with Gasteiger partial charge in [0.1, 0.15) is 0 Å². The molecule has 2 heterocycles. The fraction of sp³-hybridized carbons (Fsp3) is 0.938. The highest BCUT2D eigenvalue weighted by Crippen LogP contribution is 2.37. The summed E-state index contributed by atoms with van der Waals surface area (Å²) in [6.07, 6.45) is 4.60. The lowest BCUT2D eigenvalue weighted by Crippen LogP contribution is -2.45. The van der Waals surface area contributed by atoms with Crippen molar-refractivity contribution in [2.24, 2.45) is 11.3 Å². The number of carbonyl (C=O) groups excluding carboxylic acids is 1. The van der Waals surface area contributed by atoms with E-state index in [9.17, 15) is 4.79 Å². The van der Waals surface area contributed by atoms with Gasteiger partial charge >= 0.3 is 0 Å². The molecule has 0 radical (unpaired) electrons. The number of carbonyl (C=O) groups is 1. The lowest BCUT2D eigenvalue weighted by molar-refractivity contribution is -0.135. The van der Waals surface area contributed by atoms with E-state index >= 15 is 0 Å². The predicted molar refractivity (Wildman–Crippen MR) is 80.6 cm³/mol. The summed E-state index contributed by atoms with van der Waals surface area (Å²) in [7, 11) is 0. The number of hydrogen-bond acceptors (Lipinski definition) is 3. The van der Waals surface area contributed by atoms with E-state index < -0.39 is 0 Å². The SMILES string of the molecule is CCCNC1COCC1C(=O)N1CCC(CC)(CC)C1. The van der Waals surface area contributed by atoms with E-state index in [1.165, 1.54) is 12.8 Å². The smallest absolute Gasteiger partial charge is 0.229 e. The van der Waals surface area contributed by atoms with Gasteiger partial charge in [-0.3, -0.25) is 4.79 Å². The van der Waals surface area contributed by atoms with Gasteiger partial charge in [-0.25, -0.2) is 0 Å². The van der Waals surface area contributed by atoms with Crippen LogP contribution in [-0.2, 0) is 9.53 Å². The highest BCUT2D eigenvalue weighted by molar-refractivity contribution is 5.80. The van der Waals surface area contributed by atoms with Gasteiger partial charge in [-0.2, -0.15) is 0 Å². The van der Waals surface area contributed by atoms with Crippen LogP contribution in [0, 0.1) is 11.3 Å². The van der Waals surface area contributed by atoms with Crippen molar-refractivity contribution in [3.63, 3.8) is 0 Å². The van der Waals surface area contributed by atoms with E-state index in [4.69, 9.17) is 4.74 Å². The Morgan fingerprint density at radius 1 is 1.30 bits per heavy atom. The van der Waals surface area contributed by atoms with Crippen molar-refractivity contribution in [1.29, 1.82) is 0 Å². The molecule has 2 aliphatic heterocycles. The monoisotopic (exact) mass is 282 g/mol. The maximum absolute atomic E-state index is 12.7. The number of nitrogens with one attached hydrogen (secondary N) is 1. The second kappa shape index (κ2) is 6.90. The van der Waals surface area contributed by atoms with Crippen LogP contribution in [0.3, 0.4) is 0 Å². The molecule has 20 heavy (non-hydrogen) atoms. The third kappa shape index (κ3) is 3.17. The van der Waals surface area contributed by atoms with Crippen LogP contribution >= 0.6 is 0 Å². The molecule has 4 heteroatoms. The van der Waals surface area contributed by atoms with Gasteiger partial charge in [-0.1, -0.05) is 20.8 Å². The molecule has 2 rings (SSSR count). The van der Waals surface area contributed by atoms with Crippen LogP contribution < -0.4 is 5.32 Å². The lowest BCUT2D eigenvalue weighted by atomic mass is 9.82. The van der Waals surface area contributed by atoms with Crippen molar-refractivity contribution >= 4 is 5.91 Å². The van der Waals surface area contributed by atoms with Crippen LogP contribution in [0.5, 0.6) is 0 Å². The molecule has 2 atom stereocenters. The Morgan fingerprint density at radius 3 is 2.65 bits per heavy atom. The molecular formula is C16H30N2O2. The van der Waals surface area contributed by atoms with Gasteiger partial charge in [0.2, 0.25) is 5.91 Å². The van der Waals surface area contributed by atoms with Gasteiger partial charge in [0.25, 0.3) is 0 Å². The molecule has 0 aromatic carbocycles. The molecule has 2 aliphatic rings. The number of hydrogen-bond donors (Lipinski definition) is 1. The summed E-state index contributed by atoms with van der Waals surface area (Å²) in [4.78, 5) is 14.8. The molecular weight excluding hydrogens is 252 g/mol. The fourth-order valence-corrected chi connectivity index (χ4v) is 3.51. The zero-order valence-corrected chi connectivity index (χ0v) is 13.3. The Balaban J connectivity index is 1.94. The summed E-state index contributed by atoms with van der Waals surface area (Å²) in [5.41, 5.74) is 0.363. The average molecular weight is 282 g/mol. The van der Waals surface area contributed by atoms with Crippen molar-refractivity contribution in [1.82, 2.24) is 10.2 Å². The largest absolute Gasteiger partial charge is 0.379 e. The molecule has 4 nitrogen and oxygen atoms in total. The van der Waals surface area contributed by atoms with Gasteiger partial charge in [0, 0.05) is 19.1 Å². The van der Waals surface area contributed by atoms with Crippen LogP contribution in [-0.4, -0.2) is 49.7 Å². The molecule has 0 aliphatic carbocycles. The molecule has 1 N–H and O–H groups in total. The number of ether oxygens (including phenoxy) is 1. The highest BCUT2D eigenvalue weighted by Gasteiger charge is 2.42. The molecule has 0 saturated carbocycles. The Kier molecular flexibility index (Phi) is 5.44. The summed E-state index contributed by atoms with van der Waals surface area (Å²) in [6.45, 7) is 10.7. The Labute approximate surface area is 123 Å². The average Bonchev–Trinajstić information content (AvgIpc) is 3.11. The topological polar surface area (TPSA) is 41.6 Å². The first-order valence-electron chi connectivity index (χ1n) is 8.25. The van der Waals surface area contributed by atoms with Gasteiger partial charge in [-0.05, 0) is 37.6 Å². The maximum atomic E-state index is 12.7. The summed E-state index contributed by atoms with van der Waals surface area (Å²) in [5.74, 6) is 0.325. The van der Waals surface area contributed by atoms with E-state index in [1.54, 1.807) is 0 Å². The molecule has 0 spiro atoms. The van der Waals surface area contributed by atoms with Gasteiger partial charge in [-0.15, -0.1) is 0 Å². The van der Waals surface area contributed by atoms with Gasteiger partial charge in [0.05, 0.1) is 19.1 Å². The van der Waals surface area contributed by atoms with Crippen LogP contribution in [0.1, 0.15) is 46.5 Å². The molecule has 2 saturated heterocycles. The zero-order chi connectivity index (χ0) is 14.6. The molecule has 0 aromatic rings. The number of rotatable bonds is 6. The molecule has 1 amide bonds. The second-order valence-corrected chi connectivity index (χ2v) is 6.42. The summed E-state index contributed by atoms with van der Waals surface area (Å²) in [6, 6.07) is 0.209. The van der Waals surface area contributed by atoms with E-state index in [0.29, 0.717) is 24.5 Å². The fourth-order valence-electron chi connectivity index (χ4n) is 3.51. The minimum absolute atomic E-state index is 0.0195. The Morgan fingerprint density at radius 2 is 2.05 bits per heavy atom.